The zero-order valence-corrected chi connectivity index (χ0v) is 14.0. The van der Waals surface area contributed by atoms with Gasteiger partial charge in [-0.05, 0) is 26.6 Å². The third-order valence-electron chi connectivity index (χ3n) is 4.15. The predicted octanol–water partition coefficient (Wildman–Crippen LogP) is 0.480. The molecule has 2 atom stereocenters. The molecule has 0 aromatic heterocycles. The molecule has 1 N–H and O–H groups in total. The maximum atomic E-state index is 12.5. The summed E-state index contributed by atoms with van der Waals surface area (Å²) in [6.07, 6.45) is 0. The van der Waals surface area contributed by atoms with Crippen molar-refractivity contribution in [3.8, 4) is 0 Å². The Balaban J connectivity index is 2.02. The van der Waals surface area contributed by atoms with Crippen LogP contribution < -0.4 is 5.32 Å². The lowest BCUT2D eigenvalue weighted by Gasteiger charge is -2.35. The minimum atomic E-state index is -0.578. The van der Waals surface area contributed by atoms with Gasteiger partial charge in [0.2, 0.25) is 11.8 Å². The van der Waals surface area contributed by atoms with E-state index in [0.29, 0.717) is 13.1 Å². The highest BCUT2D eigenvalue weighted by atomic mass is 16.5. The van der Waals surface area contributed by atoms with E-state index in [1.165, 1.54) is 0 Å². The first-order valence-electron chi connectivity index (χ1n) is 7.84. The Morgan fingerprint density at radius 1 is 1.39 bits per heavy atom. The summed E-state index contributed by atoms with van der Waals surface area (Å²) in [5.41, 5.74) is 1.00. The average molecular weight is 319 g/mol. The second-order valence-corrected chi connectivity index (χ2v) is 6.10. The molecule has 6 heteroatoms. The maximum Gasteiger partial charge on any atom is 0.249 e. The highest BCUT2D eigenvalue weighted by Crippen LogP contribution is 2.13. The van der Waals surface area contributed by atoms with E-state index in [-0.39, 0.29) is 31.1 Å². The van der Waals surface area contributed by atoms with Gasteiger partial charge in [0.15, 0.2) is 0 Å². The Morgan fingerprint density at radius 3 is 2.74 bits per heavy atom. The van der Waals surface area contributed by atoms with Crippen LogP contribution in [0.25, 0.3) is 0 Å². The number of benzene rings is 1. The number of nitrogens with zero attached hydrogens (tertiary/aromatic N) is 2. The molecule has 1 saturated heterocycles. The summed E-state index contributed by atoms with van der Waals surface area (Å²) < 4.78 is 5.28. The standard InChI is InChI=1S/C17H25N3O3/c1-13(19(2)3)9-18-17(22)15-11-23-12-16(21)20(15)10-14-7-5-4-6-8-14/h4-8,13,15H,9-12H2,1-3H3,(H,18,22)/t13-,15-/m1/s1. The van der Waals surface area contributed by atoms with Crippen molar-refractivity contribution in [3.63, 3.8) is 0 Å². The number of nitrogens with one attached hydrogen (secondary N) is 1. The quantitative estimate of drug-likeness (QED) is 0.828. The Hall–Kier alpha value is -1.92. The number of hydrogen-bond donors (Lipinski definition) is 1. The van der Waals surface area contributed by atoms with E-state index < -0.39 is 6.04 Å². The zero-order chi connectivity index (χ0) is 16.8. The minimum Gasteiger partial charge on any atom is -0.369 e. The van der Waals surface area contributed by atoms with Crippen LogP contribution in [-0.4, -0.2) is 67.6 Å². The average Bonchev–Trinajstić information content (AvgIpc) is 2.55. The van der Waals surface area contributed by atoms with Crippen molar-refractivity contribution in [1.82, 2.24) is 15.1 Å². The molecule has 1 aromatic rings. The van der Waals surface area contributed by atoms with Gasteiger partial charge in [0, 0.05) is 19.1 Å². The molecular weight excluding hydrogens is 294 g/mol. The number of likely N-dealkylation sites (N-methyl/N-ethyl adjacent to an activating group) is 1. The summed E-state index contributed by atoms with van der Waals surface area (Å²) in [5.74, 6) is -0.316. The topological polar surface area (TPSA) is 61.9 Å². The summed E-state index contributed by atoms with van der Waals surface area (Å²) >= 11 is 0. The van der Waals surface area contributed by atoms with Crippen LogP contribution >= 0.6 is 0 Å². The van der Waals surface area contributed by atoms with E-state index in [9.17, 15) is 9.59 Å². The molecule has 0 unspecified atom stereocenters. The fourth-order valence-electron chi connectivity index (χ4n) is 2.35. The first-order chi connectivity index (χ1) is 11.0. The number of carbonyl (C=O) groups is 2. The van der Waals surface area contributed by atoms with Crippen molar-refractivity contribution in [1.29, 1.82) is 0 Å². The van der Waals surface area contributed by atoms with Crippen LogP contribution in [-0.2, 0) is 20.9 Å². The smallest absolute Gasteiger partial charge is 0.249 e. The highest BCUT2D eigenvalue weighted by molar-refractivity contribution is 5.89. The third kappa shape index (κ3) is 4.77. The first kappa shape index (κ1) is 17.4. The Labute approximate surface area is 137 Å². The van der Waals surface area contributed by atoms with Gasteiger partial charge in [0.1, 0.15) is 12.6 Å². The van der Waals surface area contributed by atoms with Gasteiger partial charge >= 0.3 is 0 Å². The van der Waals surface area contributed by atoms with Crippen LogP contribution in [0.3, 0.4) is 0 Å². The molecule has 23 heavy (non-hydrogen) atoms. The molecule has 1 aliphatic rings. The highest BCUT2D eigenvalue weighted by Gasteiger charge is 2.34. The van der Waals surface area contributed by atoms with E-state index in [0.717, 1.165) is 5.56 Å². The molecule has 1 aromatic carbocycles. The predicted molar refractivity (Wildman–Crippen MR) is 87.8 cm³/mol. The first-order valence-corrected chi connectivity index (χ1v) is 7.84. The Bertz CT molecular complexity index is 533. The van der Waals surface area contributed by atoms with Crippen molar-refractivity contribution >= 4 is 11.8 Å². The summed E-state index contributed by atoms with van der Waals surface area (Å²) in [7, 11) is 3.93. The van der Waals surface area contributed by atoms with Crippen LogP contribution in [0.5, 0.6) is 0 Å². The second kappa shape index (κ2) is 8.08. The van der Waals surface area contributed by atoms with Gasteiger partial charge in [-0.25, -0.2) is 0 Å². The summed E-state index contributed by atoms with van der Waals surface area (Å²) in [6, 6.07) is 9.32. The number of rotatable bonds is 6. The normalized spacial score (nSPS) is 19.7. The van der Waals surface area contributed by atoms with Crippen molar-refractivity contribution in [2.45, 2.75) is 25.6 Å². The number of amides is 2. The molecule has 1 heterocycles. The van der Waals surface area contributed by atoms with Crippen molar-refractivity contribution < 1.29 is 14.3 Å². The zero-order valence-electron chi connectivity index (χ0n) is 14.0. The van der Waals surface area contributed by atoms with E-state index in [1.54, 1.807) is 4.90 Å². The summed E-state index contributed by atoms with van der Waals surface area (Å²) in [5, 5.41) is 2.92. The molecule has 1 fully saturated rings. The SMILES string of the molecule is C[C@H](CNC(=O)[C@H]1COCC(=O)N1Cc1ccccc1)N(C)C. The molecule has 0 saturated carbocycles. The molecule has 0 aliphatic carbocycles. The van der Waals surface area contributed by atoms with Crippen molar-refractivity contribution in [2.75, 3.05) is 33.9 Å². The molecular formula is C17H25N3O3. The lowest BCUT2D eigenvalue weighted by molar-refractivity contribution is -0.155. The van der Waals surface area contributed by atoms with Crippen LogP contribution in [0.15, 0.2) is 30.3 Å². The summed E-state index contributed by atoms with van der Waals surface area (Å²) in [6.45, 7) is 3.26. The lowest BCUT2D eigenvalue weighted by atomic mass is 10.1. The van der Waals surface area contributed by atoms with E-state index >= 15 is 0 Å². The third-order valence-corrected chi connectivity index (χ3v) is 4.15. The largest absolute Gasteiger partial charge is 0.369 e. The molecule has 2 rings (SSSR count). The number of morpholine rings is 1. The van der Waals surface area contributed by atoms with Crippen LogP contribution in [0.1, 0.15) is 12.5 Å². The molecule has 0 spiro atoms. The fourth-order valence-corrected chi connectivity index (χ4v) is 2.35. The van der Waals surface area contributed by atoms with Gasteiger partial charge in [-0.3, -0.25) is 9.59 Å². The van der Waals surface area contributed by atoms with Gasteiger partial charge in [-0.15, -0.1) is 0 Å². The van der Waals surface area contributed by atoms with Gasteiger partial charge in [0.05, 0.1) is 6.61 Å². The Kier molecular flexibility index (Phi) is 6.12. The molecule has 6 nitrogen and oxygen atoms in total. The number of ether oxygens (including phenoxy) is 1. The number of hydrogen-bond acceptors (Lipinski definition) is 4. The van der Waals surface area contributed by atoms with Gasteiger partial charge in [0.25, 0.3) is 0 Å². The summed E-state index contributed by atoms with van der Waals surface area (Å²) in [4.78, 5) is 28.3. The lowest BCUT2D eigenvalue weighted by Crippen LogP contribution is -2.56. The van der Waals surface area contributed by atoms with Gasteiger partial charge < -0.3 is 19.9 Å². The fraction of sp³-hybridized carbons (Fsp3) is 0.529. The van der Waals surface area contributed by atoms with E-state index in [4.69, 9.17) is 4.74 Å². The van der Waals surface area contributed by atoms with Gasteiger partial charge in [-0.2, -0.15) is 0 Å². The molecule has 126 valence electrons. The monoisotopic (exact) mass is 319 g/mol. The molecule has 1 aliphatic heterocycles. The van der Waals surface area contributed by atoms with Crippen molar-refractivity contribution in [2.24, 2.45) is 0 Å². The van der Waals surface area contributed by atoms with Crippen LogP contribution in [0.4, 0.5) is 0 Å². The van der Waals surface area contributed by atoms with Gasteiger partial charge in [-0.1, -0.05) is 30.3 Å². The second-order valence-electron chi connectivity index (χ2n) is 6.10. The maximum absolute atomic E-state index is 12.5. The van der Waals surface area contributed by atoms with E-state index in [1.807, 2.05) is 56.3 Å². The minimum absolute atomic E-state index is 0.0325. The molecule has 0 radical (unpaired) electrons. The van der Waals surface area contributed by atoms with Crippen LogP contribution in [0, 0.1) is 0 Å². The molecule has 2 amide bonds. The van der Waals surface area contributed by atoms with Crippen molar-refractivity contribution in [3.05, 3.63) is 35.9 Å². The molecule has 0 bridgehead atoms. The Morgan fingerprint density at radius 2 is 2.09 bits per heavy atom. The van der Waals surface area contributed by atoms with E-state index in [2.05, 4.69) is 5.32 Å². The van der Waals surface area contributed by atoms with Crippen LogP contribution in [0.2, 0.25) is 0 Å². The number of carbonyl (C=O) groups excluding carboxylic acids is 2.